The topological polar surface area (TPSA) is 84.1 Å². The molecule has 0 aliphatic rings. The first kappa shape index (κ1) is 37.7. The van der Waals surface area contributed by atoms with Gasteiger partial charge in [0.15, 0.2) is 0 Å². The second kappa shape index (κ2) is 19.1. The molecule has 2 heterocycles. The van der Waals surface area contributed by atoms with E-state index >= 15 is 0 Å². The largest absolute Gasteiger partial charge is 0.505 e. The number of esters is 1. The van der Waals surface area contributed by atoms with Crippen molar-refractivity contribution < 1.29 is 14.6 Å². The second-order valence-electron chi connectivity index (χ2n) is 13.3. The number of benzene rings is 3. The Balaban J connectivity index is 0.000000240. The van der Waals surface area contributed by atoms with Gasteiger partial charge in [0, 0.05) is 5.02 Å². The lowest BCUT2D eigenvalue weighted by molar-refractivity contribution is -0.138. The summed E-state index contributed by atoms with van der Waals surface area (Å²) in [5.41, 5.74) is 7.01. The Morgan fingerprint density at radius 2 is 1.35 bits per heavy atom. The highest BCUT2D eigenvalue weighted by Gasteiger charge is 2.26. The van der Waals surface area contributed by atoms with Crippen LogP contribution in [0.25, 0.3) is 22.8 Å². The zero-order valence-corrected chi connectivity index (χ0v) is 30.6. The van der Waals surface area contributed by atoms with Crippen LogP contribution in [-0.4, -0.2) is 31.7 Å². The molecule has 49 heavy (non-hydrogen) atoms. The van der Waals surface area contributed by atoms with E-state index in [4.69, 9.17) is 16.3 Å². The number of phenols is 1. The summed E-state index contributed by atoms with van der Waals surface area (Å²) in [6.45, 7) is 8.59. The first-order chi connectivity index (χ1) is 23.7. The lowest BCUT2D eigenvalue weighted by Crippen LogP contribution is -2.08. The summed E-state index contributed by atoms with van der Waals surface area (Å²) in [4.78, 5) is 14.0. The van der Waals surface area contributed by atoms with E-state index in [9.17, 15) is 15.2 Å². The van der Waals surface area contributed by atoms with Crippen LogP contribution in [0.2, 0.25) is 5.02 Å². The van der Waals surface area contributed by atoms with Gasteiger partial charge in [-0.2, -0.15) is 5.26 Å². The number of hydrogen-bond acceptors (Lipinski definition) is 4. The molecule has 3 aromatic carbocycles. The van der Waals surface area contributed by atoms with E-state index < -0.39 is 5.97 Å². The monoisotopic (exact) mass is 684 g/mol. The van der Waals surface area contributed by atoms with E-state index in [1.54, 1.807) is 6.08 Å². The first-order valence-corrected chi connectivity index (χ1v) is 18.5. The quantitative estimate of drug-likeness (QED) is 0.0431. The molecule has 8 heteroatoms. The highest BCUT2D eigenvalue weighted by molar-refractivity contribution is 6.31. The lowest BCUT2D eigenvalue weighted by atomic mass is 10.0. The number of carbonyl (C=O) groups is 1. The van der Waals surface area contributed by atoms with Gasteiger partial charge in [-0.1, -0.05) is 138 Å². The fourth-order valence-corrected chi connectivity index (χ4v) is 6.28. The summed E-state index contributed by atoms with van der Waals surface area (Å²) in [6, 6.07) is 19.4. The third-order valence-electron chi connectivity index (χ3n) is 8.98. The first-order valence-electron chi connectivity index (χ1n) is 18.1. The Morgan fingerprint density at radius 3 is 1.94 bits per heavy atom. The van der Waals surface area contributed by atoms with E-state index in [0.29, 0.717) is 12.4 Å². The van der Waals surface area contributed by atoms with E-state index in [0.717, 1.165) is 56.8 Å². The molecule has 0 saturated carbocycles. The molecule has 2 aromatic heterocycles. The molecule has 0 radical (unpaired) electrons. The number of fused-ring (bicyclic) bond motifs is 4. The molecule has 0 atom stereocenters. The van der Waals surface area contributed by atoms with Gasteiger partial charge in [0.25, 0.3) is 0 Å². The molecule has 262 valence electrons. The normalized spacial score (nSPS) is 11.6. The number of rotatable bonds is 18. The number of aromatic nitrogens is 3. The Hall–Kier alpha value is -4.15. The van der Waals surface area contributed by atoms with Crippen LogP contribution in [0.1, 0.15) is 119 Å². The van der Waals surface area contributed by atoms with Gasteiger partial charge in [-0.15, -0.1) is 14.1 Å². The van der Waals surface area contributed by atoms with Crippen molar-refractivity contribution in [1.29, 1.82) is 5.26 Å². The van der Waals surface area contributed by atoms with Gasteiger partial charge in [0.05, 0.1) is 6.61 Å². The van der Waals surface area contributed by atoms with Crippen LogP contribution in [0, 0.1) is 32.1 Å². The number of aryl methyl sites for hydroxylation is 3. The number of hydrogen-bond donors (Lipinski definition) is 1. The van der Waals surface area contributed by atoms with Gasteiger partial charge in [0.2, 0.25) is 0 Å². The zero-order valence-electron chi connectivity index (χ0n) is 29.8. The molecule has 1 N–H and O–H groups in total. The molecule has 0 spiro atoms. The van der Waals surface area contributed by atoms with Crippen LogP contribution in [0.15, 0.2) is 60.2 Å². The number of nitrogens with zero attached hydrogens (tertiary/aromatic N) is 4. The van der Waals surface area contributed by atoms with Crippen LogP contribution in [0.3, 0.4) is 0 Å². The molecule has 0 fully saturated rings. The minimum absolute atomic E-state index is 0.0595. The standard InChI is InChI=1S/C27H41NO2.C14H12ClN3O/c1-3-4-5-6-7-8-9-10-11-12-13-14-15-16-21-30-27(29)26(23-28)22-25-19-17-24(2)18-20-25;1-8-5-9(2)14(19)13(6-8)18-16-11-4-3-10(15)7-12(11)17(16)18/h17-20,22H,3-16,21H2,1-2H3;3-7,19H,1-2H3. The van der Waals surface area contributed by atoms with Gasteiger partial charge < -0.3 is 9.84 Å². The molecule has 5 aromatic rings. The maximum atomic E-state index is 12.1. The Kier molecular flexibility index (Phi) is 14.7. The van der Waals surface area contributed by atoms with Crippen LogP contribution in [0.4, 0.5) is 0 Å². The Bertz CT molecular complexity index is 1820. The highest BCUT2D eigenvalue weighted by atomic mass is 35.5. The van der Waals surface area contributed by atoms with Gasteiger partial charge in [-0.05, 0) is 74.2 Å². The smallest absolute Gasteiger partial charge is 0.348 e. The number of halogens is 1. The highest BCUT2D eigenvalue weighted by Crippen LogP contribution is 2.34. The van der Waals surface area contributed by atoms with Crippen molar-refractivity contribution in [2.45, 2.75) is 118 Å². The van der Waals surface area contributed by atoms with Gasteiger partial charge in [-0.3, -0.25) is 0 Å². The van der Waals surface area contributed by atoms with Crippen LogP contribution in [-0.2, 0) is 9.53 Å². The fourth-order valence-electron chi connectivity index (χ4n) is 6.12. The molecule has 5 rings (SSSR count). The van der Waals surface area contributed by atoms with Crippen molar-refractivity contribution in [1.82, 2.24) is 14.1 Å². The van der Waals surface area contributed by atoms with Gasteiger partial charge in [-0.25, -0.2) is 4.79 Å². The fraction of sp³-hybridized carbons (Fsp3) is 0.463. The SMILES string of the molecule is CCCCCCCCCCCCCCCCOC(=O)C(C#N)=Cc1ccc(C)cc1.Cc1cc(C)c(O)c(-n2n3c4ccc(Cl)cc4n23)c1. The van der Waals surface area contributed by atoms with E-state index in [2.05, 4.69) is 6.92 Å². The van der Waals surface area contributed by atoms with Crippen molar-refractivity contribution in [3.63, 3.8) is 0 Å². The third-order valence-corrected chi connectivity index (χ3v) is 9.21. The molecule has 0 aliphatic heterocycles. The molecule has 0 amide bonds. The molecular weight excluding hydrogens is 632 g/mol. The van der Waals surface area contributed by atoms with Crippen molar-refractivity contribution in [2.75, 3.05) is 6.61 Å². The summed E-state index contributed by atoms with van der Waals surface area (Å²) in [7, 11) is 0. The lowest BCUT2D eigenvalue weighted by Gasteiger charge is -2.05. The van der Waals surface area contributed by atoms with Crippen molar-refractivity contribution in [3.8, 4) is 17.5 Å². The van der Waals surface area contributed by atoms with Crippen molar-refractivity contribution >= 4 is 34.7 Å². The van der Waals surface area contributed by atoms with Crippen LogP contribution in [0.5, 0.6) is 5.75 Å². The molecule has 0 bridgehead atoms. The molecule has 0 unspecified atom stereocenters. The number of ether oxygens (including phenoxy) is 1. The summed E-state index contributed by atoms with van der Waals surface area (Å²) in [6.07, 6.45) is 19.8. The van der Waals surface area contributed by atoms with Crippen LogP contribution >= 0.6 is 11.6 Å². The van der Waals surface area contributed by atoms with E-state index in [1.165, 1.54) is 77.0 Å². The maximum Gasteiger partial charge on any atom is 0.348 e. The number of phenolic OH excluding ortho intramolecular Hbond substituents is 1. The van der Waals surface area contributed by atoms with E-state index in [1.807, 2.05) is 95.5 Å². The number of aromatic hydroxyl groups is 1. The Morgan fingerprint density at radius 1 is 0.776 bits per heavy atom. The summed E-state index contributed by atoms with van der Waals surface area (Å²) < 4.78 is 9.25. The number of unbranched alkanes of at least 4 members (excludes halogenated alkanes) is 13. The minimum atomic E-state index is -0.521. The molecule has 0 saturated heterocycles. The summed E-state index contributed by atoms with van der Waals surface area (Å²) in [5.74, 6) is -0.204. The summed E-state index contributed by atoms with van der Waals surface area (Å²) in [5, 5.41) is 20.1. The molecule has 0 aliphatic carbocycles. The third kappa shape index (κ3) is 10.9. The Labute approximate surface area is 297 Å². The van der Waals surface area contributed by atoms with E-state index in [-0.39, 0.29) is 5.57 Å². The maximum absolute atomic E-state index is 12.1. The van der Waals surface area contributed by atoms with Crippen LogP contribution < -0.4 is 0 Å². The minimum Gasteiger partial charge on any atom is -0.505 e. The predicted octanol–water partition coefficient (Wildman–Crippen LogP) is 11.3. The zero-order chi connectivity index (χ0) is 35.2. The molecule has 7 nitrogen and oxygen atoms in total. The predicted molar refractivity (Wildman–Crippen MR) is 201 cm³/mol. The van der Waals surface area contributed by atoms with Crippen molar-refractivity contribution in [3.05, 3.63) is 87.4 Å². The number of carbonyl (C=O) groups excluding carboxylic acids is 1. The van der Waals surface area contributed by atoms with Gasteiger partial charge in [0.1, 0.15) is 34.1 Å². The van der Waals surface area contributed by atoms with Crippen molar-refractivity contribution in [2.24, 2.45) is 0 Å². The second-order valence-corrected chi connectivity index (χ2v) is 13.7. The average Bonchev–Trinajstić information content (AvgIpc) is 3.76. The van der Waals surface area contributed by atoms with Gasteiger partial charge >= 0.3 is 5.97 Å². The average molecular weight is 685 g/mol. The molecular formula is C41H53ClN4O3. The number of nitriles is 1. The summed E-state index contributed by atoms with van der Waals surface area (Å²) >= 11 is 6.00.